The van der Waals surface area contributed by atoms with Gasteiger partial charge in [-0.15, -0.1) is 10.2 Å². The summed E-state index contributed by atoms with van der Waals surface area (Å²) in [5.74, 6) is 0.429. The van der Waals surface area contributed by atoms with Gasteiger partial charge in [-0.3, -0.25) is 4.79 Å². The van der Waals surface area contributed by atoms with E-state index in [1.54, 1.807) is 24.3 Å². The molecule has 0 radical (unpaired) electrons. The first kappa shape index (κ1) is 18.0. The van der Waals surface area contributed by atoms with E-state index >= 15 is 0 Å². The van der Waals surface area contributed by atoms with E-state index in [9.17, 15) is 4.79 Å². The van der Waals surface area contributed by atoms with Gasteiger partial charge in [-0.25, -0.2) is 0 Å². The van der Waals surface area contributed by atoms with Crippen LogP contribution in [0.5, 0.6) is 0 Å². The number of halogens is 2. The van der Waals surface area contributed by atoms with Crippen molar-refractivity contribution in [1.29, 1.82) is 0 Å². The number of benzene rings is 2. The van der Waals surface area contributed by atoms with Crippen molar-refractivity contribution in [2.75, 3.05) is 11.1 Å². The number of aromatic nitrogens is 2. The average Bonchev–Trinajstić information content (AvgIpc) is 3.06. The molecule has 25 heavy (non-hydrogen) atoms. The molecule has 1 aromatic heterocycles. The third kappa shape index (κ3) is 4.84. The van der Waals surface area contributed by atoms with Crippen LogP contribution in [0, 0.1) is 6.92 Å². The predicted molar refractivity (Wildman–Crippen MR) is 103 cm³/mol. The van der Waals surface area contributed by atoms with Crippen LogP contribution in [0.2, 0.25) is 5.02 Å². The number of amides is 1. The van der Waals surface area contributed by atoms with Crippen molar-refractivity contribution in [3.8, 4) is 11.5 Å². The van der Waals surface area contributed by atoms with Crippen LogP contribution >= 0.6 is 39.3 Å². The zero-order valence-corrected chi connectivity index (χ0v) is 16.3. The average molecular weight is 439 g/mol. The zero-order chi connectivity index (χ0) is 17.8. The largest absolute Gasteiger partial charge is 0.411 e. The lowest BCUT2D eigenvalue weighted by molar-refractivity contribution is -0.113. The molecule has 0 saturated heterocycles. The molecule has 5 nitrogen and oxygen atoms in total. The number of aryl methyl sites for hydroxylation is 1. The maximum absolute atomic E-state index is 12.0. The second-order valence-corrected chi connectivity index (χ2v) is 7.40. The molecule has 0 fully saturated rings. The number of anilines is 1. The molecule has 3 aromatic rings. The molecule has 0 aliphatic carbocycles. The van der Waals surface area contributed by atoms with E-state index in [1.165, 1.54) is 11.8 Å². The fourth-order valence-corrected chi connectivity index (χ4v) is 2.96. The van der Waals surface area contributed by atoms with Crippen molar-refractivity contribution in [1.82, 2.24) is 10.2 Å². The van der Waals surface area contributed by atoms with Gasteiger partial charge in [0.2, 0.25) is 11.8 Å². The predicted octanol–water partition coefficient (Wildman–Crippen LogP) is 5.19. The van der Waals surface area contributed by atoms with Crippen molar-refractivity contribution < 1.29 is 9.21 Å². The second kappa shape index (κ2) is 8.03. The summed E-state index contributed by atoms with van der Waals surface area (Å²) in [7, 11) is 0. The zero-order valence-electron chi connectivity index (χ0n) is 13.1. The summed E-state index contributed by atoms with van der Waals surface area (Å²) in [6, 6.07) is 12.7. The van der Waals surface area contributed by atoms with Crippen LogP contribution in [0.25, 0.3) is 11.5 Å². The third-order valence-corrected chi connectivity index (χ3v) is 5.23. The molecule has 1 N–H and O–H groups in total. The minimum atomic E-state index is -0.141. The first-order valence-electron chi connectivity index (χ1n) is 7.29. The third-order valence-electron chi connectivity index (χ3n) is 3.27. The fourth-order valence-electron chi connectivity index (χ4n) is 2.02. The Labute approximate surface area is 162 Å². The molecule has 1 heterocycles. The molecule has 8 heteroatoms. The highest BCUT2D eigenvalue weighted by molar-refractivity contribution is 9.10. The topological polar surface area (TPSA) is 68.0 Å². The molecule has 0 unspecified atom stereocenters. The van der Waals surface area contributed by atoms with Gasteiger partial charge in [-0.1, -0.05) is 39.3 Å². The van der Waals surface area contributed by atoms with Gasteiger partial charge < -0.3 is 9.73 Å². The van der Waals surface area contributed by atoms with E-state index in [1.807, 2.05) is 25.1 Å². The summed E-state index contributed by atoms with van der Waals surface area (Å²) < 4.78 is 6.56. The summed E-state index contributed by atoms with van der Waals surface area (Å²) in [5.41, 5.74) is 2.58. The van der Waals surface area contributed by atoms with E-state index in [0.29, 0.717) is 16.1 Å². The van der Waals surface area contributed by atoms with Crippen LogP contribution in [-0.4, -0.2) is 21.9 Å². The minimum absolute atomic E-state index is 0.141. The van der Waals surface area contributed by atoms with Crippen LogP contribution in [0.1, 0.15) is 5.56 Å². The van der Waals surface area contributed by atoms with Crippen molar-refractivity contribution in [2.24, 2.45) is 0 Å². The van der Waals surface area contributed by atoms with Gasteiger partial charge in [0.15, 0.2) is 0 Å². The molecule has 0 aliphatic heterocycles. The summed E-state index contributed by atoms with van der Waals surface area (Å²) in [4.78, 5) is 12.0. The van der Waals surface area contributed by atoms with E-state index in [0.717, 1.165) is 21.3 Å². The first-order valence-corrected chi connectivity index (χ1v) is 9.45. The maximum Gasteiger partial charge on any atom is 0.277 e. The van der Waals surface area contributed by atoms with Gasteiger partial charge >= 0.3 is 0 Å². The van der Waals surface area contributed by atoms with Gasteiger partial charge in [0.1, 0.15) is 0 Å². The Morgan fingerprint density at radius 2 is 2.00 bits per heavy atom. The number of nitrogens with zero attached hydrogens (tertiary/aromatic N) is 2. The molecular formula is C17H13BrClN3O2S. The van der Waals surface area contributed by atoms with Gasteiger partial charge in [-0.05, 0) is 55.0 Å². The fraction of sp³-hybridized carbons (Fsp3) is 0.118. The normalized spacial score (nSPS) is 10.7. The lowest BCUT2D eigenvalue weighted by Gasteiger charge is -2.06. The minimum Gasteiger partial charge on any atom is -0.411 e. The highest BCUT2D eigenvalue weighted by Gasteiger charge is 2.11. The Kier molecular flexibility index (Phi) is 5.78. The molecular weight excluding hydrogens is 426 g/mol. The molecule has 1 amide bonds. The molecule has 3 rings (SSSR count). The summed E-state index contributed by atoms with van der Waals surface area (Å²) >= 11 is 10.5. The van der Waals surface area contributed by atoms with E-state index in [4.69, 9.17) is 16.0 Å². The maximum atomic E-state index is 12.0. The van der Waals surface area contributed by atoms with Crippen molar-refractivity contribution in [2.45, 2.75) is 12.1 Å². The number of carbonyl (C=O) groups is 1. The lowest BCUT2D eigenvalue weighted by atomic mass is 10.2. The molecule has 2 aromatic carbocycles. The Balaban J connectivity index is 1.57. The van der Waals surface area contributed by atoms with E-state index in [2.05, 4.69) is 31.4 Å². The molecule has 0 bridgehead atoms. The van der Waals surface area contributed by atoms with Crippen molar-refractivity contribution in [3.63, 3.8) is 0 Å². The van der Waals surface area contributed by atoms with Gasteiger partial charge in [0.05, 0.1) is 5.75 Å². The lowest BCUT2D eigenvalue weighted by Crippen LogP contribution is -2.14. The van der Waals surface area contributed by atoms with Gasteiger partial charge in [0, 0.05) is 20.7 Å². The van der Waals surface area contributed by atoms with E-state index < -0.39 is 0 Å². The van der Waals surface area contributed by atoms with Crippen LogP contribution < -0.4 is 5.32 Å². The van der Waals surface area contributed by atoms with Crippen LogP contribution in [0.3, 0.4) is 0 Å². The summed E-state index contributed by atoms with van der Waals surface area (Å²) in [5, 5.41) is 11.7. The van der Waals surface area contributed by atoms with Crippen LogP contribution in [0.4, 0.5) is 5.69 Å². The monoisotopic (exact) mass is 437 g/mol. The molecule has 128 valence electrons. The Bertz CT molecular complexity index is 899. The number of thioether (sulfide) groups is 1. The van der Waals surface area contributed by atoms with Crippen molar-refractivity contribution >= 4 is 50.9 Å². The van der Waals surface area contributed by atoms with Gasteiger partial charge in [0.25, 0.3) is 5.22 Å². The highest BCUT2D eigenvalue weighted by atomic mass is 79.9. The Morgan fingerprint density at radius 1 is 1.24 bits per heavy atom. The Hall–Kier alpha value is -1.83. The first-order chi connectivity index (χ1) is 12.0. The molecule has 0 spiro atoms. The number of hydrogen-bond donors (Lipinski definition) is 1. The SMILES string of the molecule is Cc1cc(NC(=O)CSc2nnc(-c3ccc(Cl)cc3)o2)ccc1Br. The van der Waals surface area contributed by atoms with Gasteiger partial charge in [-0.2, -0.15) is 0 Å². The molecule has 0 atom stereocenters. The summed E-state index contributed by atoms with van der Waals surface area (Å²) in [6.45, 7) is 1.96. The number of rotatable bonds is 5. The number of hydrogen-bond acceptors (Lipinski definition) is 5. The van der Waals surface area contributed by atoms with Crippen LogP contribution in [0.15, 0.2) is 56.6 Å². The Morgan fingerprint density at radius 3 is 2.72 bits per heavy atom. The number of nitrogens with one attached hydrogen (secondary N) is 1. The molecule has 0 aliphatic rings. The highest BCUT2D eigenvalue weighted by Crippen LogP contribution is 2.25. The molecule has 0 saturated carbocycles. The number of carbonyl (C=O) groups excluding carboxylic acids is 1. The second-order valence-electron chi connectivity index (χ2n) is 5.18. The standard InChI is InChI=1S/C17H13BrClN3O2S/c1-10-8-13(6-7-14(10)18)20-15(23)9-25-17-22-21-16(24-17)11-2-4-12(19)5-3-11/h2-8H,9H2,1H3,(H,20,23). The smallest absolute Gasteiger partial charge is 0.277 e. The van der Waals surface area contributed by atoms with Crippen LogP contribution in [-0.2, 0) is 4.79 Å². The quantitative estimate of drug-likeness (QED) is 0.555. The summed E-state index contributed by atoms with van der Waals surface area (Å²) in [6.07, 6.45) is 0. The van der Waals surface area contributed by atoms with E-state index in [-0.39, 0.29) is 11.7 Å². The van der Waals surface area contributed by atoms with Crippen molar-refractivity contribution in [3.05, 3.63) is 57.5 Å².